The molecule has 0 spiro atoms. The molecule has 1 N–H and O–H groups in total. The number of carbonyl (C=O) groups excluding carboxylic acids is 1. The zero-order chi connectivity index (χ0) is 20.5. The number of hydrogen-bond donors (Lipinski definition) is 1. The number of nitrogens with one attached hydrogen (secondary N) is 1. The number of para-hydroxylation sites is 1. The molecule has 0 atom stereocenters. The molecule has 0 aliphatic heterocycles. The third-order valence-electron chi connectivity index (χ3n) is 4.18. The van der Waals surface area contributed by atoms with Crippen molar-refractivity contribution in [2.24, 2.45) is 0 Å². The summed E-state index contributed by atoms with van der Waals surface area (Å²) >= 11 is 0. The summed E-state index contributed by atoms with van der Waals surface area (Å²) in [6.45, 7) is -0.0607. The van der Waals surface area contributed by atoms with Gasteiger partial charge in [-0.05, 0) is 35.4 Å². The van der Waals surface area contributed by atoms with Gasteiger partial charge in [-0.25, -0.2) is 0 Å². The van der Waals surface area contributed by atoms with Crippen LogP contribution in [0.1, 0.15) is 5.56 Å². The van der Waals surface area contributed by atoms with Crippen LogP contribution in [0.15, 0.2) is 78.9 Å². The van der Waals surface area contributed by atoms with Crippen LogP contribution in [0.2, 0.25) is 0 Å². The lowest BCUT2D eigenvalue weighted by atomic mass is 10.0. The Kier molecular flexibility index (Phi) is 6.64. The Morgan fingerprint density at radius 1 is 1.03 bits per heavy atom. The van der Waals surface area contributed by atoms with Crippen LogP contribution in [0.4, 0.5) is 5.69 Å². The Bertz CT molecular complexity index is 1050. The number of anilines is 1. The molecule has 29 heavy (non-hydrogen) atoms. The standard InChI is InChI=1S/C24H20N2O3/c1-28-23-17-18(11-13-22(23)29-16-15-25)12-14-24(27)26-21-10-6-5-9-20(21)19-7-3-2-4-8-19/h2-14,17H,16H2,1H3,(H,26,27)/b14-12+. The fraction of sp³-hybridized carbons (Fsp3) is 0.0833. The van der Waals surface area contributed by atoms with Crippen molar-refractivity contribution in [2.75, 3.05) is 19.0 Å². The second-order valence-corrected chi connectivity index (χ2v) is 6.09. The summed E-state index contributed by atoms with van der Waals surface area (Å²) in [5.74, 6) is 0.738. The summed E-state index contributed by atoms with van der Waals surface area (Å²) in [5, 5.41) is 11.6. The van der Waals surface area contributed by atoms with E-state index >= 15 is 0 Å². The third kappa shape index (κ3) is 5.24. The molecule has 5 heteroatoms. The second-order valence-electron chi connectivity index (χ2n) is 6.09. The van der Waals surface area contributed by atoms with E-state index in [1.165, 1.54) is 13.2 Å². The molecular formula is C24H20N2O3. The number of nitriles is 1. The van der Waals surface area contributed by atoms with E-state index in [1.54, 1.807) is 24.3 Å². The number of amides is 1. The SMILES string of the molecule is COc1cc(/C=C/C(=O)Nc2ccccc2-c2ccccc2)ccc1OCC#N. The van der Waals surface area contributed by atoms with E-state index in [9.17, 15) is 4.79 Å². The normalized spacial score (nSPS) is 10.3. The molecule has 3 aromatic carbocycles. The average molecular weight is 384 g/mol. The first-order chi connectivity index (χ1) is 14.2. The van der Waals surface area contributed by atoms with Crippen molar-refractivity contribution >= 4 is 17.7 Å². The minimum absolute atomic E-state index is 0.0607. The highest BCUT2D eigenvalue weighted by Crippen LogP contribution is 2.29. The highest BCUT2D eigenvalue weighted by molar-refractivity contribution is 6.04. The summed E-state index contributed by atoms with van der Waals surface area (Å²) in [6.07, 6.45) is 3.16. The maximum atomic E-state index is 12.4. The Morgan fingerprint density at radius 2 is 1.79 bits per heavy atom. The lowest BCUT2D eigenvalue weighted by molar-refractivity contribution is -0.111. The molecule has 144 valence electrons. The van der Waals surface area contributed by atoms with E-state index < -0.39 is 0 Å². The first-order valence-electron chi connectivity index (χ1n) is 9.02. The molecule has 0 heterocycles. The monoisotopic (exact) mass is 384 g/mol. The van der Waals surface area contributed by atoms with Crippen LogP contribution >= 0.6 is 0 Å². The minimum Gasteiger partial charge on any atom is -0.493 e. The van der Waals surface area contributed by atoms with Gasteiger partial charge in [-0.2, -0.15) is 5.26 Å². The zero-order valence-electron chi connectivity index (χ0n) is 16.0. The zero-order valence-corrected chi connectivity index (χ0v) is 16.0. The van der Waals surface area contributed by atoms with E-state index in [0.717, 1.165) is 22.4 Å². The number of nitrogens with zero attached hydrogens (tertiary/aromatic N) is 1. The van der Waals surface area contributed by atoms with Crippen molar-refractivity contribution in [3.63, 3.8) is 0 Å². The van der Waals surface area contributed by atoms with Crippen LogP contribution in [0.5, 0.6) is 11.5 Å². The molecule has 3 rings (SSSR count). The average Bonchev–Trinajstić information content (AvgIpc) is 2.77. The van der Waals surface area contributed by atoms with Crippen molar-refractivity contribution in [3.8, 4) is 28.7 Å². The highest BCUT2D eigenvalue weighted by atomic mass is 16.5. The van der Waals surface area contributed by atoms with Gasteiger partial charge in [0.05, 0.1) is 7.11 Å². The first-order valence-corrected chi connectivity index (χ1v) is 9.02. The number of hydrogen-bond acceptors (Lipinski definition) is 4. The summed E-state index contributed by atoms with van der Waals surface area (Å²) < 4.78 is 10.6. The van der Waals surface area contributed by atoms with Crippen LogP contribution in [-0.4, -0.2) is 19.6 Å². The number of methoxy groups -OCH3 is 1. The van der Waals surface area contributed by atoms with Gasteiger partial charge in [0.15, 0.2) is 18.1 Å². The number of carbonyl (C=O) groups is 1. The highest BCUT2D eigenvalue weighted by Gasteiger charge is 2.07. The van der Waals surface area contributed by atoms with Gasteiger partial charge in [0, 0.05) is 17.3 Å². The third-order valence-corrected chi connectivity index (χ3v) is 4.18. The molecule has 0 saturated heterocycles. The molecule has 0 unspecified atom stereocenters. The van der Waals surface area contributed by atoms with E-state index in [4.69, 9.17) is 14.7 Å². The molecule has 3 aromatic rings. The predicted molar refractivity (Wildman–Crippen MR) is 114 cm³/mol. The smallest absolute Gasteiger partial charge is 0.248 e. The fourth-order valence-corrected chi connectivity index (χ4v) is 2.82. The lowest BCUT2D eigenvalue weighted by Gasteiger charge is -2.10. The van der Waals surface area contributed by atoms with Gasteiger partial charge in [0.1, 0.15) is 6.07 Å². The molecule has 1 amide bonds. The van der Waals surface area contributed by atoms with Gasteiger partial charge in [-0.1, -0.05) is 54.6 Å². The van der Waals surface area contributed by atoms with Crippen molar-refractivity contribution < 1.29 is 14.3 Å². The largest absolute Gasteiger partial charge is 0.493 e. The van der Waals surface area contributed by atoms with E-state index in [0.29, 0.717) is 11.5 Å². The molecule has 0 saturated carbocycles. The maximum Gasteiger partial charge on any atom is 0.248 e. The van der Waals surface area contributed by atoms with E-state index in [1.807, 2.05) is 60.7 Å². The molecule has 0 aliphatic rings. The van der Waals surface area contributed by atoms with Gasteiger partial charge >= 0.3 is 0 Å². The lowest BCUT2D eigenvalue weighted by Crippen LogP contribution is -2.08. The van der Waals surface area contributed by atoms with E-state index in [-0.39, 0.29) is 12.5 Å². The van der Waals surface area contributed by atoms with Crippen LogP contribution in [0.3, 0.4) is 0 Å². The Hall–Kier alpha value is -4.04. The van der Waals surface area contributed by atoms with E-state index in [2.05, 4.69) is 5.32 Å². The van der Waals surface area contributed by atoms with Crippen molar-refractivity contribution in [1.82, 2.24) is 0 Å². The van der Waals surface area contributed by atoms with Gasteiger partial charge < -0.3 is 14.8 Å². The van der Waals surface area contributed by atoms with Crippen LogP contribution in [0.25, 0.3) is 17.2 Å². The van der Waals surface area contributed by atoms with Crippen molar-refractivity contribution in [3.05, 3.63) is 84.4 Å². The molecular weight excluding hydrogens is 364 g/mol. The Balaban J connectivity index is 1.74. The summed E-state index contributed by atoms with van der Waals surface area (Å²) in [7, 11) is 1.52. The number of rotatable bonds is 7. The maximum absolute atomic E-state index is 12.4. The van der Waals surface area contributed by atoms with Crippen LogP contribution in [0, 0.1) is 11.3 Å². The second kappa shape index (κ2) is 9.77. The minimum atomic E-state index is -0.239. The summed E-state index contributed by atoms with van der Waals surface area (Å²) in [4.78, 5) is 12.4. The van der Waals surface area contributed by atoms with Crippen molar-refractivity contribution in [2.45, 2.75) is 0 Å². The Morgan fingerprint density at radius 3 is 2.55 bits per heavy atom. The van der Waals surface area contributed by atoms with Crippen molar-refractivity contribution in [1.29, 1.82) is 5.26 Å². The molecule has 5 nitrogen and oxygen atoms in total. The van der Waals surface area contributed by atoms with Gasteiger partial charge in [-0.15, -0.1) is 0 Å². The van der Waals surface area contributed by atoms with Gasteiger partial charge in [0.25, 0.3) is 0 Å². The molecule has 0 aromatic heterocycles. The first kappa shape index (κ1) is 19.7. The van der Waals surface area contributed by atoms with Gasteiger partial charge in [-0.3, -0.25) is 4.79 Å². The molecule has 0 bridgehead atoms. The summed E-state index contributed by atoms with van der Waals surface area (Å²) in [6, 6.07) is 24.7. The topological polar surface area (TPSA) is 71.3 Å². The Labute approximate surface area is 169 Å². The van der Waals surface area contributed by atoms with Crippen LogP contribution in [-0.2, 0) is 4.79 Å². The number of benzene rings is 3. The molecule has 0 aliphatic carbocycles. The van der Waals surface area contributed by atoms with Gasteiger partial charge in [0.2, 0.25) is 5.91 Å². The summed E-state index contributed by atoms with van der Waals surface area (Å²) in [5.41, 5.74) is 3.50. The molecule has 0 radical (unpaired) electrons. The quantitative estimate of drug-likeness (QED) is 0.587. The number of ether oxygens (including phenoxy) is 2. The van der Waals surface area contributed by atoms with Crippen LogP contribution < -0.4 is 14.8 Å². The predicted octanol–water partition coefficient (Wildman–Crippen LogP) is 4.92. The fourth-order valence-electron chi connectivity index (χ4n) is 2.82. The molecule has 0 fully saturated rings.